The van der Waals surface area contributed by atoms with Crippen molar-refractivity contribution in [3.05, 3.63) is 34.9 Å². The van der Waals surface area contributed by atoms with Gasteiger partial charge in [-0.2, -0.15) is 0 Å². The average molecular weight is 374 g/mol. The van der Waals surface area contributed by atoms with Gasteiger partial charge in [0, 0.05) is 31.7 Å². The molecule has 3 heterocycles. The monoisotopic (exact) mass is 374 g/mol. The zero-order chi connectivity index (χ0) is 19.3. The first-order chi connectivity index (χ1) is 12.7. The summed E-state index contributed by atoms with van der Waals surface area (Å²) in [4.78, 5) is 27.0. The summed E-state index contributed by atoms with van der Waals surface area (Å²) in [6, 6.07) is 5.83. The van der Waals surface area contributed by atoms with Crippen LogP contribution in [0.5, 0.6) is 0 Å². The molecule has 1 amide bonds. The number of esters is 1. The van der Waals surface area contributed by atoms with Crippen LogP contribution in [0.3, 0.4) is 0 Å². The lowest BCUT2D eigenvalue weighted by atomic mass is 9.81. The Morgan fingerprint density at radius 2 is 2.00 bits per heavy atom. The van der Waals surface area contributed by atoms with Crippen LogP contribution in [-0.2, 0) is 16.1 Å². The van der Waals surface area contributed by atoms with E-state index in [2.05, 4.69) is 25.7 Å². The Morgan fingerprint density at radius 1 is 1.22 bits per heavy atom. The molecule has 2 fully saturated rings. The van der Waals surface area contributed by atoms with Gasteiger partial charge < -0.3 is 19.5 Å². The normalized spacial score (nSPS) is 28.5. The highest BCUT2D eigenvalue weighted by atomic mass is 16.5. The van der Waals surface area contributed by atoms with E-state index < -0.39 is 6.09 Å². The van der Waals surface area contributed by atoms with Crippen LogP contribution in [0.15, 0.2) is 18.2 Å². The Bertz CT molecular complexity index is 772. The Balaban J connectivity index is 1.61. The molecule has 1 aromatic rings. The number of rotatable bonds is 1. The van der Waals surface area contributed by atoms with E-state index in [1.54, 1.807) is 0 Å². The van der Waals surface area contributed by atoms with E-state index in [0.717, 1.165) is 17.7 Å². The summed E-state index contributed by atoms with van der Waals surface area (Å²) in [6.45, 7) is 9.12. The molecule has 2 saturated heterocycles. The summed E-state index contributed by atoms with van der Waals surface area (Å²) in [6.07, 6.45) is -1.07. The van der Waals surface area contributed by atoms with Gasteiger partial charge in [0.25, 0.3) is 0 Å². The molecule has 0 aliphatic carbocycles. The maximum atomic E-state index is 11.7. The molecule has 3 aliphatic heterocycles. The molecule has 4 rings (SSSR count). The molecule has 3 atom stereocenters. The number of carbonyl (C=O) groups is 2. The number of nitrogens with zero attached hydrogens (tertiary/aromatic N) is 2. The minimum absolute atomic E-state index is 0.0467. The third kappa shape index (κ3) is 3.30. The fourth-order valence-corrected chi connectivity index (χ4v) is 4.38. The molecule has 146 valence electrons. The predicted octanol–water partition coefficient (Wildman–Crippen LogP) is 2.51. The van der Waals surface area contributed by atoms with E-state index in [1.807, 2.05) is 18.2 Å². The predicted molar refractivity (Wildman–Crippen MR) is 97.6 cm³/mol. The topological polar surface area (TPSA) is 79.3 Å². The first-order valence-electron chi connectivity index (χ1n) is 9.41. The fourth-order valence-electron chi connectivity index (χ4n) is 4.38. The van der Waals surface area contributed by atoms with Crippen LogP contribution in [0.4, 0.5) is 4.79 Å². The molecule has 0 spiro atoms. The fraction of sp³-hybridized carbons (Fsp3) is 0.600. The molecule has 0 bridgehead atoms. The van der Waals surface area contributed by atoms with Gasteiger partial charge in [-0.1, -0.05) is 26.8 Å². The number of piperazine rings is 1. The van der Waals surface area contributed by atoms with Crippen LogP contribution in [0.25, 0.3) is 0 Å². The van der Waals surface area contributed by atoms with Gasteiger partial charge in [0.2, 0.25) is 0 Å². The van der Waals surface area contributed by atoms with Crippen LogP contribution < -0.4 is 0 Å². The maximum Gasteiger partial charge on any atom is 0.407 e. The summed E-state index contributed by atoms with van der Waals surface area (Å²) in [5.41, 5.74) is 2.46. The van der Waals surface area contributed by atoms with Crippen LogP contribution in [0.2, 0.25) is 0 Å². The first kappa shape index (κ1) is 18.3. The number of morpholine rings is 1. The van der Waals surface area contributed by atoms with E-state index >= 15 is 0 Å². The van der Waals surface area contributed by atoms with Crippen LogP contribution in [0, 0.1) is 5.41 Å². The minimum atomic E-state index is -0.868. The molecule has 0 aromatic heterocycles. The molecule has 2 unspecified atom stereocenters. The van der Waals surface area contributed by atoms with Crippen molar-refractivity contribution in [3.8, 4) is 0 Å². The Labute approximate surface area is 158 Å². The second kappa shape index (κ2) is 6.49. The number of amides is 1. The highest BCUT2D eigenvalue weighted by molar-refractivity contribution is 5.93. The van der Waals surface area contributed by atoms with Gasteiger partial charge in [-0.25, -0.2) is 9.59 Å². The lowest BCUT2D eigenvalue weighted by molar-refractivity contribution is -0.173. The molecule has 7 nitrogen and oxygen atoms in total. The Morgan fingerprint density at radius 3 is 2.70 bits per heavy atom. The van der Waals surface area contributed by atoms with Gasteiger partial charge in [-0.3, -0.25) is 4.90 Å². The second-order valence-corrected chi connectivity index (χ2v) is 8.69. The lowest BCUT2D eigenvalue weighted by Gasteiger charge is -2.53. The Hall–Kier alpha value is -2.12. The van der Waals surface area contributed by atoms with Crippen molar-refractivity contribution in [1.29, 1.82) is 0 Å². The SMILES string of the molecule is CC(C)(C)C1OC(c2ccc3c(c2)COC3=O)CN2CCN(C(=O)O)C[C@@H]12. The molecule has 27 heavy (non-hydrogen) atoms. The minimum Gasteiger partial charge on any atom is -0.465 e. The van der Waals surface area contributed by atoms with Gasteiger partial charge in [0.05, 0.1) is 23.8 Å². The molecular formula is C20H26N2O5. The maximum absolute atomic E-state index is 11.7. The highest BCUT2D eigenvalue weighted by Crippen LogP contribution is 2.39. The van der Waals surface area contributed by atoms with Crippen molar-refractivity contribution in [2.24, 2.45) is 5.41 Å². The van der Waals surface area contributed by atoms with E-state index in [0.29, 0.717) is 31.8 Å². The number of fused-ring (bicyclic) bond motifs is 2. The van der Waals surface area contributed by atoms with Crippen molar-refractivity contribution in [1.82, 2.24) is 9.80 Å². The summed E-state index contributed by atoms with van der Waals surface area (Å²) < 4.78 is 11.6. The first-order valence-corrected chi connectivity index (χ1v) is 9.41. The largest absolute Gasteiger partial charge is 0.465 e. The van der Waals surface area contributed by atoms with E-state index in [1.165, 1.54) is 4.90 Å². The summed E-state index contributed by atoms with van der Waals surface area (Å²) in [7, 11) is 0. The highest BCUT2D eigenvalue weighted by Gasteiger charge is 2.46. The van der Waals surface area contributed by atoms with Crippen LogP contribution >= 0.6 is 0 Å². The standard InChI is InChI=1S/C20H26N2O5/c1-20(2,3)17-15-9-22(19(24)25)7-6-21(15)10-16(27-17)12-4-5-14-13(8-12)11-26-18(14)23/h4-5,8,15-17H,6-7,9-11H2,1-3H3,(H,24,25)/t15-,16?,17?/m0/s1. The number of hydrogen-bond acceptors (Lipinski definition) is 5. The number of carboxylic acid groups (broad SMARTS) is 1. The number of ether oxygens (including phenoxy) is 2. The van der Waals surface area contributed by atoms with Gasteiger partial charge in [-0.05, 0) is 23.1 Å². The molecule has 3 aliphatic rings. The number of cyclic esters (lactones) is 1. The zero-order valence-electron chi connectivity index (χ0n) is 16.0. The summed E-state index contributed by atoms with van der Waals surface area (Å²) in [5, 5.41) is 9.39. The van der Waals surface area contributed by atoms with Crippen molar-refractivity contribution in [2.75, 3.05) is 26.2 Å². The zero-order valence-corrected chi connectivity index (χ0v) is 16.0. The van der Waals surface area contributed by atoms with Crippen LogP contribution in [-0.4, -0.2) is 65.3 Å². The smallest absolute Gasteiger partial charge is 0.407 e. The van der Waals surface area contributed by atoms with Crippen molar-refractivity contribution in [2.45, 2.75) is 45.6 Å². The van der Waals surface area contributed by atoms with Crippen molar-refractivity contribution >= 4 is 12.1 Å². The van der Waals surface area contributed by atoms with Gasteiger partial charge in [-0.15, -0.1) is 0 Å². The number of carbonyl (C=O) groups excluding carboxylic acids is 1. The Kier molecular flexibility index (Phi) is 4.39. The molecule has 1 aromatic carbocycles. The third-order valence-corrected chi connectivity index (χ3v) is 5.80. The molecule has 7 heteroatoms. The molecule has 0 saturated carbocycles. The number of benzene rings is 1. The lowest BCUT2D eigenvalue weighted by Crippen LogP contribution is -2.65. The van der Waals surface area contributed by atoms with Crippen molar-refractivity contribution in [3.63, 3.8) is 0 Å². The van der Waals surface area contributed by atoms with Crippen molar-refractivity contribution < 1.29 is 24.2 Å². The van der Waals surface area contributed by atoms with Gasteiger partial charge in [0.15, 0.2) is 0 Å². The second-order valence-electron chi connectivity index (χ2n) is 8.69. The summed E-state index contributed by atoms with van der Waals surface area (Å²) in [5.74, 6) is -0.265. The van der Waals surface area contributed by atoms with Gasteiger partial charge >= 0.3 is 12.1 Å². The quantitative estimate of drug-likeness (QED) is 0.761. The van der Waals surface area contributed by atoms with E-state index in [-0.39, 0.29) is 29.6 Å². The molecular weight excluding hydrogens is 348 g/mol. The number of hydrogen-bond donors (Lipinski definition) is 1. The van der Waals surface area contributed by atoms with E-state index in [4.69, 9.17) is 9.47 Å². The molecule has 1 N–H and O–H groups in total. The summed E-state index contributed by atoms with van der Waals surface area (Å²) >= 11 is 0. The third-order valence-electron chi connectivity index (χ3n) is 5.80. The average Bonchev–Trinajstić information content (AvgIpc) is 3.00. The van der Waals surface area contributed by atoms with Gasteiger partial charge in [0.1, 0.15) is 6.61 Å². The molecule has 0 radical (unpaired) electrons. The van der Waals surface area contributed by atoms with E-state index in [9.17, 15) is 14.7 Å². The van der Waals surface area contributed by atoms with Crippen LogP contribution in [0.1, 0.15) is 48.4 Å².